The number of benzene rings is 2. The minimum Gasteiger partial charge on any atom is -0.496 e. The molecule has 0 aliphatic rings. The summed E-state index contributed by atoms with van der Waals surface area (Å²) in [6, 6.07) is 8.75. The summed E-state index contributed by atoms with van der Waals surface area (Å²) in [5.74, 6) is 1.69. The van der Waals surface area contributed by atoms with Gasteiger partial charge in [-0.05, 0) is 24.1 Å². The number of carbonyl (C=O) groups excluding carboxylic acids is 1. The SMILES string of the molecule is COc1cc(OC)c(CNC(=O)CCc2ccc(Cl)cc2Cl)c(OC)c1. The van der Waals surface area contributed by atoms with Gasteiger partial charge in [0.1, 0.15) is 17.2 Å². The van der Waals surface area contributed by atoms with Crippen molar-refractivity contribution < 1.29 is 19.0 Å². The first kappa shape index (κ1) is 20.2. The van der Waals surface area contributed by atoms with Crippen molar-refractivity contribution in [1.29, 1.82) is 0 Å². The Morgan fingerprint density at radius 1 is 1.00 bits per heavy atom. The molecule has 26 heavy (non-hydrogen) atoms. The minimum absolute atomic E-state index is 0.101. The molecule has 0 heterocycles. The normalized spacial score (nSPS) is 10.3. The summed E-state index contributed by atoms with van der Waals surface area (Å²) >= 11 is 12.0. The molecule has 0 bridgehead atoms. The van der Waals surface area contributed by atoms with Gasteiger partial charge in [-0.25, -0.2) is 0 Å². The average Bonchev–Trinajstić information content (AvgIpc) is 2.64. The van der Waals surface area contributed by atoms with Crippen LogP contribution in [0, 0.1) is 0 Å². The second kappa shape index (κ2) is 9.55. The summed E-state index contributed by atoms with van der Waals surface area (Å²) in [5.41, 5.74) is 1.62. The van der Waals surface area contributed by atoms with Gasteiger partial charge in [0.15, 0.2) is 0 Å². The van der Waals surface area contributed by atoms with Crippen LogP contribution in [0.5, 0.6) is 17.2 Å². The molecule has 0 aliphatic heterocycles. The van der Waals surface area contributed by atoms with E-state index in [2.05, 4.69) is 5.32 Å². The van der Waals surface area contributed by atoms with Gasteiger partial charge in [0, 0.05) is 28.6 Å². The molecule has 1 N–H and O–H groups in total. The Hall–Kier alpha value is -2.11. The van der Waals surface area contributed by atoms with Crippen molar-refractivity contribution in [1.82, 2.24) is 5.32 Å². The molecular formula is C19H21Cl2NO4. The molecule has 0 saturated heterocycles. The third-order valence-corrected chi connectivity index (χ3v) is 4.50. The van der Waals surface area contributed by atoms with Crippen LogP contribution in [0.25, 0.3) is 0 Å². The maximum Gasteiger partial charge on any atom is 0.220 e. The zero-order valence-corrected chi connectivity index (χ0v) is 16.4. The van der Waals surface area contributed by atoms with Crippen molar-refractivity contribution in [2.24, 2.45) is 0 Å². The number of ether oxygens (including phenoxy) is 3. The molecule has 1 amide bonds. The number of halogens is 2. The maximum atomic E-state index is 12.2. The molecule has 140 valence electrons. The highest BCUT2D eigenvalue weighted by atomic mass is 35.5. The molecule has 0 saturated carbocycles. The highest BCUT2D eigenvalue weighted by molar-refractivity contribution is 6.35. The van der Waals surface area contributed by atoms with E-state index in [9.17, 15) is 4.79 Å². The van der Waals surface area contributed by atoms with Crippen LogP contribution in [-0.2, 0) is 17.8 Å². The lowest BCUT2D eigenvalue weighted by molar-refractivity contribution is -0.121. The van der Waals surface area contributed by atoms with E-state index in [1.165, 1.54) is 0 Å². The molecule has 2 aromatic rings. The van der Waals surface area contributed by atoms with Gasteiger partial charge in [-0.3, -0.25) is 4.79 Å². The molecule has 0 fully saturated rings. The monoisotopic (exact) mass is 397 g/mol. The number of hydrogen-bond donors (Lipinski definition) is 1. The Morgan fingerprint density at radius 3 is 2.19 bits per heavy atom. The van der Waals surface area contributed by atoms with Crippen LogP contribution in [0.3, 0.4) is 0 Å². The van der Waals surface area contributed by atoms with E-state index in [0.717, 1.165) is 11.1 Å². The number of rotatable bonds is 8. The fraction of sp³-hybridized carbons (Fsp3) is 0.316. The quantitative estimate of drug-likeness (QED) is 0.722. The summed E-state index contributed by atoms with van der Waals surface area (Å²) in [6.45, 7) is 0.281. The molecule has 0 aromatic heterocycles. The van der Waals surface area contributed by atoms with Crippen LogP contribution in [0.4, 0.5) is 0 Å². The van der Waals surface area contributed by atoms with E-state index in [0.29, 0.717) is 40.1 Å². The van der Waals surface area contributed by atoms with Crippen LogP contribution in [0.15, 0.2) is 30.3 Å². The molecule has 2 rings (SSSR count). The van der Waals surface area contributed by atoms with Crippen LogP contribution >= 0.6 is 23.2 Å². The third-order valence-electron chi connectivity index (χ3n) is 3.92. The zero-order valence-electron chi connectivity index (χ0n) is 14.9. The second-order valence-corrected chi connectivity index (χ2v) is 6.37. The molecule has 7 heteroatoms. The van der Waals surface area contributed by atoms with E-state index in [1.54, 1.807) is 45.6 Å². The summed E-state index contributed by atoms with van der Waals surface area (Å²) < 4.78 is 16.0. The Morgan fingerprint density at radius 2 is 1.65 bits per heavy atom. The van der Waals surface area contributed by atoms with Gasteiger partial charge in [0.2, 0.25) is 5.91 Å². The first-order chi connectivity index (χ1) is 12.5. The number of aryl methyl sites for hydroxylation is 1. The number of nitrogens with one attached hydrogen (secondary N) is 1. The molecular weight excluding hydrogens is 377 g/mol. The first-order valence-electron chi connectivity index (χ1n) is 7.98. The van der Waals surface area contributed by atoms with Gasteiger partial charge in [-0.2, -0.15) is 0 Å². The van der Waals surface area contributed by atoms with Crippen molar-refractivity contribution in [3.05, 3.63) is 51.5 Å². The van der Waals surface area contributed by atoms with E-state index in [1.807, 2.05) is 6.07 Å². The number of hydrogen-bond acceptors (Lipinski definition) is 4. The summed E-state index contributed by atoms with van der Waals surface area (Å²) in [4.78, 5) is 12.2. The van der Waals surface area contributed by atoms with Gasteiger partial charge in [0.05, 0.1) is 33.4 Å². The van der Waals surface area contributed by atoms with Crippen LogP contribution in [0.1, 0.15) is 17.5 Å². The third kappa shape index (κ3) is 5.19. The van der Waals surface area contributed by atoms with E-state index in [-0.39, 0.29) is 12.5 Å². The molecule has 5 nitrogen and oxygen atoms in total. The van der Waals surface area contributed by atoms with Gasteiger partial charge in [0.25, 0.3) is 0 Å². The molecule has 0 aliphatic carbocycles. The Labute approximate surface area is 163 Å². The largest absolute Gasteiger partial charge is 0.496 e. The molecule has 0 atom stereocenters. The van der Waals surface area contributed by atoms with Crippen LogP contribution < -0.4 is 19.5 Å². The topological polar surface area (TPSA) is 56.8 Å². The predicted octanol–water partition coefficient (Wildman–Crippen LogP) is 4.27. The molecule has 2 aromatic carbocycles. The van der Waals surface area contributed by atoms with Gasteiger partial charge in [-0.15, -0.1) is 0 Å². The fourth-order valence-electron chi connectivity index (χ4n) is 2.50. The standard InChI is InChI=1S/C19H21Cl2NO4/c1-24-14-9-17(25-2)15(18(10-14)26-3)11-22-19(23)7-5-12-4-6-13(20)8-16(12)21/h4,6,8-10H,5,7,11H2,1-3H3,(H,22,23). The smallest absolute Gasteiger partial charge is 0.220 e. The molecule has 0 radical (unpaired) electrons. The first-order valence-corrected chi connectivity index (χ1v) is 8.73. The van der Waals surface area contributed by atoms with E-state index >= 15 is 0 Å². The van der Waals surface area contributed by atoms with E-state index < -0.39 is 0 Å². The van der Waals surface area contributed by atoms with Crippen LogP contribution in [-0.4, -0.2) is 27.2 Å². The van der Waals surface area contributed by atoms with Gasteiger partial charge < -0.3 is 19.5 Å². The molecule has 0 unspecified atom stereocenters. The summed E-state index contributed by atoms with van der Waals surface area (Å²) in [5, 5.41) is 4.01. The second-order valence-electron chi connectivity index (χ2n) is 5.52. The maximum absolute atomic E-state index is 12.2. The van der Waals surface area contributed by atoms with Crippen molar-refractivity contribution in [2.75, 3.05) is 21.3 Å². The Bertz CT molecular complexity index is 755. The highest BCUT2D eigenvalue weighted by Crippen LogP contribution is 2.33. The van der Waals surface area contributed by atoms with Crippen molar-refractivity contribution in [2.45, 2.75) is 19.4 Å². The predicted molar refractivity (Wildman–Crippen MR) is 103 cm³/mol. The molecule has 0 spiro atoms. The van der Waals surface area contributed by atoms with Crippen LogP contribution in [0.2, 0.25) is 10.0 Å². The number of carbonyl (C=O) groups is 1. The average molecular weight is 398 g/mol. The van der Waals surface area contributed by atoms with Crippen molar-refractivity contribution in [3.63, 3.8) is 0 Å². The van der Waals surface area contributed by atoms with Gasteiger partial charge >= 0.3 is 0 Å². The lowest BCUT2D eigenvalue weighted by Gasteiger charge is -2.15. The van der Waals surface area contributed by atoms with Crippen molar-refractivity contribution in [3.8, 4) is 17.2 Å². The number of methoxy groups -OCH3 is 3. The lowest BCUT2D eigenvalue weighted by Crippen LogP contribution is -2.23. The van der Waals surface area contributed by atoms with E-state index in [4.69, 9.17) is 37.4 Å². The zero-order chi connectivity index (χ0) is 19.1. The Balaban J connectivity index is 2.00. The fourth-order valence-corrected chi connectivity index (χ4v) is 3.00. The van der Waals surface area contributed by atoms with Gasteiger partial charge in [-0.1, -0.05) is 29.3 Å². The lowest BCUT2D eigenvalue weighted by atomic mass is 10.1. The summed E-state index contributed by atoms with van der Waals surface area (Å²) in [7, 11) is 4.68. The van der Waals surface area contributed by atoms with Crippen molar-refractivity contribution >= 4 is 29.1 Å². The Kier molecular flexibility index (Phi) is 7.42. The summed E-state index contributed by atoms with van der Waals surface area (Å²) in [6.07, 6.45) is 0.834. The minimum atomic E-state index is -0.101. The number of amides is 1. The highest BCUT2D eigenvalue weighted by Gasteiger charge is 2.14.